The molecule has 2 rings (SSSR count). The zero-order valence-corrected chi connectivity index (χ0v) is 13.7. The zero-order chi connectivity index (χ0) is 15.4. The second-order valence-corrected chi connectivity index (χ2v) is 6.57. The largest absolute Gasteiger partial charge is 0.337 e. The van der Waals surface area contributed by atoms with Crippen molar-refractivity contribution >= 4 is 5.91 Å². The molecule has 3 heteroatoms. The summed E-state index contributed by atoms with van der Waals surface area (Å²) in [5.41, 5.74) is 2.61. The molecule has 0 aromatic heterocycles. The molecule has 1 fully saturated rings. The molecule has 0 spiro atoms. The lowest BCUT2D eigenvalue weighted by Crippen LogP contribution is -2.52. The average Bonchev–Trinajstić information content (AvgIpc) is 2.47. The van der Waals surface area contributed by atoms with E-state index in [2.05, 4.69) is 57.3 Å². The van der Waals surface area contributed by atoms with Crippen LogP contribution < -0.4 is 5.32 Å². The first-order valence-corrected chi connectivity index (χ1v) is 8.09. The van der Waals surface area contributed by atoms with E-state index >= 15 is 0 Å². The molecular weight excluding hydrogens is 260 g/mol. The Labute approximate surface area is 128 Å². The van der Waals surface area contributed by atoms with Gasteiger partial charge in [0.05, 0.1) is 0 Å². The van der Waals surface area contributed by atoms with Crippen molar-refractivity contribution < 1.29 is 4.79 Å². The minimum atomic E-state index is 0.279. The van der Waals surface area contributed by atoms with Crippen LogP contribution >= 0.6 is 0 Å². The zero-order valence-electron chi connectivity index (χ0n) is 13.7. The summed E-state index contributed by atoms with van der Waals surface area (Å²) in [6, 6.07) is 9.04. The normalized spacial score (nSPS) is 20.6. The highest BCUT2D eigenvalue weighted by Gasteiger charge is 2.24. The average molecular weight is 288 g/mol. The van der Waals surface area contributed by atoms with Gasteiger partial charge >= 0.3 is 0 Å². The molecule has 116 valence electrons. The van der Waals surface area contributed by atoms with Crippen molar-refractivity contribution in [2.45, 2.75) is 52.0 Å². The summed E-state index contributed by atoms with van der Waals surface area (Å²) in [4.78, 5) is 14.5. The van der Waals surface area contributed by atoms with E-state index in [0.717, 1.165) is 19.6 Å². The molecule has 0 aliphatic carbocycles. The van der Waals surface area contributed by atoms with Gasteiger partial charge in [-0.05, 0) is 29.9 Å². The molecule has 3 nitrogen and oxygen atoms in total. The summed E-state index contributed by atoms with van der Waals surface area (Å²) in [5.74, 6) is 1.11. The number of rotatable bonds is 4. The lowest BCUT2D eigenvalue weighted by atomic mass is 9.93. The number of carbonyl (C=O) groups excluding carboxylic acids is 1. The predicted octanol–water partition coefficient (Wildman–Crippen LogP) is 3.12. The maximum Gasteiger partial charge on any atom is 0.223 e. The van der Waals surface area contributed by atoms with E-state index in [9.17, 15) is 4.79 Å². The lowest BCUT2D eigenvalue weighted by Gasteiger charge is -2.34. The fourth-order valence-electron chi connectivity index (χ4n) is 2.92. The second-order valence-electron chi connectivity index (χ2n) is 6.57. The van der Waals surface area contributed by atoms with E-state index in [-0.39, 0.29) is 11.8 Å². The maximum absolute atomic E-state index is 12.5. The highest BCUT2D eigenvalue weighted by Crippen LogP contribution is 2.23. The molecule has 0 radical (unpaired) electrons. The first-order chi connectivity index (χ1) is 9.99. The molecule has 1 N–H and O–H groups in total. The van der Waals surface area contributed by atoms with Crippen LogP contribution in [0.4, 0.5) is 0 Å². The van der Waals surface area contributed by atoms with Gasteiger partial charge in [0.1, 0.15) is 0 Å². The molecule has 1 aromatic rings. The van der Waals surface area contributed by atoms with Crippen LogP contribution in [0.3, 0.4) is 0 Å². The van der Waals surface area contributed by atoms with Crippen LogP contribution in [0, 0.1) is 0 Å². The Morgan fingerprint density at radius 3 is 2.43 bits per heavy atom. The fraction of sp³-hybridized carbons (Fsp3) is 0.611. The molecule has 1 aromatic carbocycles. The van der Waals surface area contributed by atoms with Gasteiger partial charge in [-0.3, -0.25) is 4.79 Å². The third kappa shape index (κ3) is 4.07. The van der Waals surface area contributed by atoms with Gasteiger partial charge in [-0.2, -0.15) is 0 Å². The van der Waals surface area contributed by atoms with Crippen molar-refractivity contribution in [1.82, 2.24) is 10.2 Å². The van der Waals surface area contributed by atoms with Gasteiger partial charge in [-0.25, -0.2) is 0 Å². The van der Waals surface area contributed by atoms with Crippen LogP contribution in [0.2, 0.25) is 0 Å². The Morgan fingerprint density at radius 1 is 1.24 bits per heavy atom. The van der Waals surface area contributed by atoms with Crippen LogP contribution in [-0.2, 0) is 4.79 Å². The molecule has 21 heavy (non-hydrogen) atoms. The maximum atomic E-state index is 12.5. The van der Waals surface area contributed by atoms with E-state index in [1.54, 1.807) is 0 Å². The van der Waals surface area contributed by atoms with E-state index < -0.39 is 0 Å². The topological polar surface area (TPSA) is 32.3 Å². The molecule has 0 saturated carbocycles. The van der Waals surface area contributed by atoms with E-state index in [1.807, 2.05) is 4.90 Å². The molecule has 1 aliphatic rings. The van der Waals surface area contributed by atoms with Crippen molar-refractivity contribution in [1.29, 1.82) is 0 Å². The quantitative estimate of drug-likeness (QED) is 0.923. The van der Waals surface area contributed by atoms with Gasteiger partial charge in [0.2, 0.25) is 5.91 Å². The Balaban J connectivity index is 1.96. The van der Waals surface area contributed by atoms with Crippen molar-refractivity contribution in [3.63, 3.8) is 0 Å². The Kier molecular flexibility index (Phi) is 5.40. The van der Waals surface area contributed by atoms with E-state index in [1.165, 1.54) is 11.1 Å². The Morgan fingerprint density at radius 2 is 1.86 bits per heavy atom. The minimum Gasteiger partial charge on any atom is -0.337 e. The smallest absolute Gasteiger partial charge is 0.223 e. The van der Waals surface area contributed by atoms with Gasteiger partial charge in [0.15, 0.2) is 0 Å². The second kappa shape index (κ2) is 7.08. The molecule has 1 amide bonds. The third-order valence-electron chi connectivity index (χ3n) is 4.47. The van der Waals surface area contributed by atoms with Gasteiger partial charge < -0.3 is 10.2 Å². The highest BCUT2D eigenvalue weighted by molar-refractivity contribution is 5.77. The monoisotopic (exact) mass is 288 g/mol. The summed E-state index contributed by atoms with van der Waals surface area (Å²) in [5, 5.41) is 3.33. The summed E-state index contributed by atoms with van der Waals surface area (Å²) in [6.07, 6.45) is 0.603. The van der Waals surface area contributed by atoms with Crippen LogP contribution in [0.1, 0.15) is 57.1 Å². The number of piperazine rings is 1. The van der Waals surface area contributed by atoms with Gasteiger partial charge in [-0.15, -0.1) is 0 Å². The number of carbonyl (C=O) groups is 1. The summed E-state index contributed by atoms with van der Waals surface area (Å²) in [7, 11) is 0. The van der Waals surface area contributed by atoms with Crippen molar-refractivity contribution in [3.8, 4) is 0 Å². The summed E-state index contributed by atoms with van der Waals surface area (Å²) in [6.45, 7) is 11.3. The Hall–Kier alpha value is -1.35. The molecule has 1 aliphatic heterocycles. The molecular formula is C18H28N2O. The van der Waals surface area contributed by atoms with Crippen molar-refractivity contribution in [2.24, 2.45) is 0 Å². The molecule has 2 atom stereocenters. The summed E-state index contributed by atoms with van der Waals surface area (Å²) < 4.78 is 0. The number of hydrogen-bond donors (Lipinski definition) is 1. The fourth-order valence-corrected chi connectivity index (χ4v) is 2.92. The van der Waals surface area contributed by atoms with E-state index in [4.69, 9.17) is 0 Å². The van der Waals surface area contributed by atoms with E-state index in [0.29, 0.717) is 18.4 Å². The van der Waals surface area contributed by atoms with Crippen LogP contribution in [0.5, 0.6) is 0 Å². The van der Waals surface area contributed by atoms with Gasteiger partial charge in [0.25, 0.3) is 0 Å². The predicted molar refractivity (Wildman–Crippen MR) is 87.6 cm³/mol. The molecule has 1 heterocycles. The van der Waals surface area contributed by atoms with Gasteiger partial charge in [-0.1, -0.05) is 45.0 Å². The number of amides is 1. The van der Waals surface area contributed by atoms with Crippen LogP contribution in [0.15, 0.2) is 24.3 Å². The molecule has 0 bridgehead atoms. The van der Waals surface area contributed by atoms with Crippen molar-refractivity contribution in [2.75, 3.05) is 19.6 Å². The first kappa shape index (κ1) is 16.0. The molecule has 1 saturated heterocycles. The number of hydrogen-bond acceptors (Lipinski definition) is 2. The standard InChI is InChI=1S/C18H28N2O/c1-13(2)16-5-7-17(8-6-16)14(3)11-18(21)20-10-9-19-12-15(20)4/h5-8,13-15,19H,9-12H2,1-4H3/t14?,15-/m1/s1. The van der Waals surface area contributed by atoms with Crippen molar-refractivity contribution in [3.05, 3.63) is 35.4 Å². The number of nitrogens with one attached hydrogen (secondary N) is 1. The van der Waals surface area contributed by atoms with Crippen LogP contribution in [0.25, 0.3) is 0 Å². The SMILES string of the molecule is CC(C)c1ccc(C(C)CC(=O)N2CCNC[C@H]2C)cc1. The minimum absolute atomic E-state index is 0.279. The summed E-state index contributed by atoms with van der Waals surface area (Å²) >= 11 is 0. The molecule has 1 unspecified atom stereocenters. The first-order valence-electron chi connectivity index (χ1n) is 8.09. The lowest BCUT2D eigenvalue weighted by molar-refractivity contribution is -0.134. The number of benzene rings is 1. The van der Waals surface area contributed by atoms with Crippen LogP contribution in [-0.4, -0.2) is 36.5 Å². The third-order valence-corrected chi connectivity index (χ3v) is 4.47. The number of nitrogens with zero attached hydrogens (tertiary/aromatic N) is 1. The Bertz CT molecular complexity index is 467. The van der Waals surface area contributed by atoms with Gasteiger partial charge in [0, 0.05) is 32.1 Å². The highest BCUT2D eigenvalue weighted by atomic mass is 16.2.